The second-order valence-electron chi connectivity index (χ2n) is 6.19. The molecule has 3 aliphatic heterocycles. The number of nitrogens with zero attached hydrogens (tertiary/aromatic N) is 1. The first-order valence-electron chi connectivity index (χ1n) is 7.99. The Labute approximate surface area is 115 Å². The molecule has 0 aromatic rings. The summed E-state index contributed by atoms with van der Waals surface area (Å²) in [5.41, 5.74) is 0. The van der Waals surface area contributed by atoms with Gasteiger partial charge in [0, 0.05) is 25.2 Å². The smallest absolute Gasteiger partial charge is 0.225 e. The minimum atomic E-state index is 0.187. The van der Waals surface area contributed by atoms with Crippen LogP contribution in [0.4, 0.5) is 0 Å². The van der Waals surface area contributed by atoms with Crippen molar-refractivity contribution in [1.82, 2.24) is 10.2 Å². The lowest BCUT2D eigenvalue weighted by molar-refractivity contribution is -0.137. The molecule has 1 amide bonds. The van der Waals surface area contributed by atoms with Crippen molar-refractivity contribution in [2.24, 2.45) is 0 Å². The number of amides is 1. The summed E-state index contributed by atoms with van der Waals surface area (Å²) in [7, 11) is 0. The van der Waals surface area contributed by atoms with Crippen LogP contribution in [0.2, 0.25) is 0 Å². The van der Waals surface area contributed by atoms with Crippen LogP contribution in [-0.4, -0.2) is 48.7 Å². The Bertz CT molecular complexity index is 309. The molecule has 108 valence electrons. The summed E-state index contributed by atoms with van der Waals surface area (Å²) in [5.74, 6) is 0.324. The molecule has 0 aliphatic carbocycles. The molecule has 0 aromatic heterocycles. The van der Waals surface area contributed by atoms with Crippen LogP contribution in [0.5, 0.6) is 0 Å². The molecule has 3 heterocycles. The summed E-state index contributed by atoms with van der Waals surface area (Å²) < 4.78 is 5.61. The van der Waals surface area contributed by atoms with Gasteiger partial charge in [0.05, 0.1) is 12.5 Å². The molecule has 3 aliphatic rings. The Morgan fingerprint density at radius 1 is 1.16 bits per heavy atom. The van der Waals surface area contributed by atoms with E-state index in [0.717, 1.165) is 32.5 Å². The van der Waals surface area contributed by atoms with Crippen molar-refractivity contribution in [3.05, 3.63) is 0 Å². The first kappa shape index (κ1) is 13.4. The van der Waals surface area contributed by atoms with Crippen LogP contribution in [0.1, 0.15) is 51.4 Å². The lowest BCUT2D eigenvalue weighted by atomic mass is 9.94. The van der Waals surface area contributed by atoms with Gasteiger partial charge >= 0.3 is 0 Å². The Morgan fingerprint density at radius 2 is 2.11 bits per heavy atom. The van der Waals surface area contributed by atoms with Crippen LogP contribution in [0, 0.1) is 0 Å². The number of hydrogen-bond donors (Lipinski definition) is 1. The van der Waals surface area contributed by atoms with Crippen molar-refractivity contribution in [3.63, 3.8) is 0 Å². The second-order valence-corrected chi connectivity index (χ2v) is 6.19. The minimum absolute atomic E-state index is 0.187. The number of hydrogen-bond acceptors (Lipinski definition) is 3. The fourth-order valence-corrected chi connectivity index (χ4v) is 3.84. The van der Waals surface area contributed by atoms with Crippen molar-refractivity contribution in [2.45, 2.75) is 69.6 Å². The van der Waals surface area contributed by atoms with Crippen LogP contribution in [0.15, 0.2) is 0 Å². The van der Waals surface area contributed by atoms with E-state index in [2.05, 4.69) is 10.2 Å². The van der Waals surface area contributed by atoms with Crippen molar-refractivity contribution in [1.29, 1.82) is 0 Å². The van der Waals surface area contributed by atoms with E-state index < -0.39 is 0 Å². The van der Waals surface area contributed by atoms with Crippen LogP contribution in [0.3, 0.4) is 0 Å². The topological polar surface area (TPSA) is 41.6 Å². The Balaban J connectivity index is 1.60. The monoisotopic (exact) mass is 266 g/mol. The molecule has 0 bridgehead atoms. The molecule has 0 saturated carbocycles. The van der Waals surface area contributed by atoms with E-state index in [1.807, 2.05) is 0 Å². The van der Waals surface area contributed by atoms with Gasteiger partial charge in [-0.05, 0) is 51.5 Å². The van der Waals surface area contributed by atoms with E-state index in [0.29, 0.717) is 24.4 Å². The molecule has 3 saturated heterocycles. The summed E-state index contributed by atoms with van der Waals surface area (Å²) in [4.78, 5) is 14.7. The lowest BCUT2D eigenvalue weighted by Gasteiger charge is -2.39. The quantitative estimate of drug-likeness (QED) is 0.845. The fourth-order valence-electron chi connectivity index (χ4n) is 3.84. The predicted molar refractivity (Wildman–Crippen MR) is 74.0 cm³/mol. The van der Waals surface area contributed by atoms with E-state index >= 15 is 0 Å². The van der Waals surface area contributed by atoms with Gasteiger partial charge in [0.15, 0.2) is 0 Å². The van der Waals surface area contributed by atoms with Gasteiger partial charge in [-0.25, -0.2) is 0 Å². The average molecular weight is 266 g/mol. The number of likely N-dealkylation sites (tertiary alicyclic amines) is 1. The standard InChI is InChI=1S/C15H26N2O2/c18-15(11-12-5-4-10-19-12)17-9-2-1-7-14(17)13-6-3-8-16-13/h12-14,16H,1-11H2. The first-order chi connectivity index (χ1) is 9.34. The van der Waals surface area contributed by atoms with Gasteiger partial charge in [0.25, 0.3) is 0 Å². The number of nitrogens with one attached hydrogen (secondary N) is 1. The van der Waals surface area contributed by atoms with E-state index in [4.69, 9.17) is 4.74 Å². The van der Waals surface area contributed by atoms with Crippen LogP contribution in [0.25, 0.3) is 0 Å². The number of ether oxygens (including phenoxy) is 1. The van der Waals surface area contributed by atoms with Gasteiger partial charge in [-0.3, -0.25) is 4.79 Å². The zero-order valence-electron chi connectivity index (χ0n) is 11.8. The number of carbonyl (C=O) groups excluding carboxylic acids is 1. The number of carbonyl (C=O) groups is 1. The van der Waals surface area contributed by atoms with Gasteiger partial charge in [-0.1, -0.05) is 0 Å². The van der Waals surface area contributed by atoms with Gasteiger partial charge < -0.3 is 15.0 Å². The van der Waals surface area contributed by atoms with Crippen molar-refractivity contribution < 1.29 is 9.53 Å². The highest BCUT2D eigenvalue weighted by Gasteiger charge is 2.35. The molecule has 3 rings (SSSR count). The summed E-state index contributed by atoms with van der Waals surface area (Å²) >= 11 is 0. The number of piperidine rings is 1. The third-order valence-corrected chi connectivity index (χ3v) is 4.86. The van der Waals surface area contributed by atoms with Gasteiger partial charge in [0.1, 0.15) is 0 Å². The maximum absolute atomic E-state index is 12.5. The Hall–Kier alpha value is -0.610. The summed E-state index contributed by atoms with van der Waals surface area (Å²) in [5, 5.41) is 3.58. The lowest BCUT2D eigenvalue weighted by Crippen LogP contribution is -2.53. The average Bonchev–Trinajstić information content (AvgIpc) is 3.11. The summed E-state index contributed by atoms with van der Waals surface area (Å²) in [6, 6.07) is 0.971. The second kappa shape index (κ2) is 6.23. The third kappa shape index (κ3) is 3.11. The maximum atomic E-state index is 12.5. The van der Waals surface area contributed by atoms with E-state index in [-0.39, 0.29) is 6.10 Å². The third-order valence-electron chi connectivity index (χ3n) is 4.86. The molecule has 4 nitrogen and oxygen atoms in total. The molecule has 0 aromatic carbocycles. The molecular formula is C15H26N2O2. The molecule has 4 heteroatoms. The molecule has 3 unspecified atom stereocenters. The molecule has 0 radical (unpaired) electrons. The van der Waals surface area contributed by atoms with E-state index in [9.17, 15) is 4.79 Å². The van der Waals surface area contributed by atoms with Crippen LogP contribution >= 0.6 is 0 Å². The summed E-state index contributed by atoms with van der Waals surface area (Å²) in [6.07, 6.45) is 9.07. The van der Waals surface area contributed by atoms with Gasteiger partial charge in [-0.15, -0.1) is 0 Å². The summed E-state index contributed by atoms with van der Waals surface area (Å²) in [6.45, 7) is 2.91. The van der Waals surface area contributed by atoms with E-state index in [1.165, 1.54) is 32.1 Å². The molecule has 19 heavy (non-hydrogen) atoms. The minimum Gasteiger partial charge on any atom is -0.378 e. The maximum Gasteiger partial charge on any atom is 0.225 e. The zero-order valence-corrected chi connectivity index (χ0v) is 11.8. The van der Waals surface area contributed by atoms with Crippen LogP contribution in [-0.2, 0) is 9.53 Å². The molecule has 1 N–H and O–H groups in total. The van der Waals surface area contributed by atoms with E-state index in [1.54, 1.807) is 0 Å². The molecule has 3 fully saturated rings. The van der Waals surface area contributed by atoms with Crippen molar-refractivity contribution >= 4 is 5.91 Å². The number of rotatable bonds is 3. The highest BCUT2D eigenvalue weighted by molar-refractivity contribution is 5.77. The van der Waals surface area contributed by atoms with Crippen LogP contribution < -0.4 is 5.32 Å². The first-order valence-corrected chi connectivity index (χ1v) is 7.99. The predicted octanol–water partition coefficient (Wildman–Crippen LogP) is 1.69. The SMILES string of the molecule is O=C(CC1CCCO1)N1CCCCC1C1CCCN1. The fraction of sp³-hybridized carbons (Fsp3) is 0.933. The highest BCUT2D eigenvalue weighted by Crippen LogP contribution is 2.26. The molecule has 0 spiro atoms. The normalized spacial score (nSPS) is 35.8. The Kier molecular flexibility index (Phi) is 4.38. The van der Waals surface area contributed by atoms with Gasteiger partial charge in [0.2, 0.25) is 5.91 Å². The largest absolute Gasteiger partial charge is 0.378 e. The van der Waals surface area contributed by atoms with Gasteiger partial charge in [-0.2, -0.15) is 0 Å². The van der Waals surface area contributed by atoms with Crippen molar-refractivity contribution in [3.8, 4) is 0 Å². The highest BCUT2D eigenvalue weighted by atomic mass is 16.5. The van der Waals surface area contributed by atoms with Crippen molar-refractivity contribution in [2.75, 3.05) is 19.7 Å². The Morgan fingerprint density at radius 3 is 2.84 bits per heavy atom. The molecule has 3 atom stereocenters. The molecular weight excluding hydrogens is 240 g/mol. The zero-order chi connectivity index (χ0) is 13.1.